The number of hydrogen-bond donors (Lipinski definition) is 3. The molecule has 0 saturated carbocycles. The van der Waals surface area contributed by atoms with Crippen molar-refractivity contribution in [3.05, 3.63) is 89.7 Å². The van der Waals surface area contributed by atoms with Gasteiger partial charge in [-0.1, -0.05) is 12.1 Å². The van der Waals surface area contributed by atoms with E-state index in [4.69, 9.17) is 10.5 Å². The van der Waals surface area contributed by atoms with Gasteiger partial charge in [-0.15, -0.1) is 0 Å². The molecule has 6 rings (SSSR count). The third-order valence-corrected chi connectivity index (χ3v) is 7.76. The molecule has 4 N–H and O–H groups in total. The van der Waals surface area contributed by atoms with Gasteiger partial charge in [0.15, 0.2) is 0 Å². The smallest absolute Gasteiger partial charge is 0.416 e. The molecule has 230 valence electrons. The van der Waals surface area contributed by atoms with Crippen LogP contribution in [-0.2, 0) is 6.18 Å². The molecule has 12 heteroatoms. The Labute approximate surface area is 257 Å². The molecule has 5 aromatic rings. The Bertz CT molecular complexity index is 1910. The summed E-state index contributed by atoms with van der Waals surface area (Å²) in [6.45, 7) is 5.25. The molecule has 0 aliphatic carbocycles. The van der Waals surface area contributed by atoms with Crippen LogP contribution in [0.15, 0.2) is 73.1 Å². The van der Waals surface area contributed by atoms with Crippen molar-refractivity contribution in [3.63, 3.8) is 0 Å². The van der Waals surface area contributed by atoms with Gasteiger partial charge >= 0.3 is 6.18 Å². The number of benzene rings is 3. The van der Waals surface area contributed by atoms with Gasteiger partial charge < -0.3 is 26.0 Å². The topological polar surface area (TPSA) is 118 Å². The molecule has 0 spiro atoms. The number of nitrogens with one attached hydrogen (secondary N) is 2. The van der Waals surface area contributed by atoms with E-state index >= 15 is 0 Å². The van der Waals surface area contributed by atoms with Gasteiger partial charge in [-0.05, 0) is 72.1 Å². The van der Waals surface area contributed by atoms with Crippen LogP contribution in [0.5, 0.6) is 5.75 Å². The molecule has 9 nitrogen and oxygen atoms in total. The summed E-state index contributed by atoms with van der Waals surface area (Å²) < 4.78 is 45.8. The molecule has 1 saturated heterocycles. The first-order valence-electron chi connectivity index (χ1n) is 14.3. The second-order valence-corrected chi connectivity index (χ2v) is 10.7. The number of pyridine rings is 1. The Hall–Kier alpha value is -5.23. The summed E-state index contributed by atoms with van der Waals surface area (Å²) in [5.74, 6) is 0.888. The summed E-state index contributed by atoms with van der Waals surface area (Å²) in [6.07, 6.45) is -1.14. The lowest BCUT2D eigenvalue weighted by Crippen LogP contribution is -2.43. The van der Waals surface area contributed by atoms with Gasteiger partial charge in [-0.3, -0.25) is 4.79 Å². The first kappa shape index (κ1) is 29.8. The van der Waals surface area contributed by atoms with Gasteiger partial charge in [0.05, 0.1) is 23.8 Å². The molecule has 0 bridgehead atoms. The van der Waals surface area contributed by atoms with Crippen LogP contribution in [0.2, 0.25) is 0 Å². The summed E-state index contributed by atoms with van der Waals surface area (Å²) in [6, 6.07) is 15.4. The van der Waals surface area contributed by atoms with E-state index in [0.717, 1.165) is 55.3 Å². The molecule has 45 heavy (non-hydrogen) atoms. The molecule has 1 aliphatic heterocycles. The number of alkyl halides is 3. The number of methoxy groups -OCH3 is 1. The minimum absolute atomic E-state index is 0.0373. The zero-order valence-electron chi connectivity index (χ0n) is 24.6. The lowest BCUT2D eigenvalue weighted by atomic mass is 9.91. The van der Waals surface area contributed by atoms with Gasteiger partial charge in [0.2, 0.25) is 5.95 Å². The van der Waals surface area contributed by atoms with Crippen LogP contribution in [0, 0.1) is 6.92 Å². The molecule has 2 aromatic heterocycles. The lowest BCUT2D eigenvalue weighted by Gasteiger charge is -2.28. The molecule has 3 aromatic carbocycles. The highest BCUT2D eigenvalue weighted by atomic mass is 19.4. The number of aromatic nitrogens is 3. The average Bonchev–Trinajstić information content (AvgIpc) is 3.04. The van der Waals surface area contributed by atoms with Gasteiger partial charge in [-0.2, -0.15) is 13.2 Å². The second-order valence-electron chi connectivity index (χ2n) is 10.7. The van der Waals surface area contributed by atoms with Crippen LogP contribution in [0.4, 0.5) is 30.6 Å². The van der Waals surface area contributed by atoms with Crippen LogP contribution in [0.3, 0.4) is 0 Å². The van der Waals surface area contributed by atoms with E-state index in [1.54, 1.807) is 37.7 Å². The van der Waals surface area contributed by atoms with Crippen molar-refractivity contribution >= 4 is 34.3 Å². The first-order valence-corrected chi connectivity index (χ1v) is 14.3. The Morgan fingerprint density at radius 2 is 1.82 bits per heavy atom. The molecular weight excluding hydrogens is 583 g/mol. The monoisotopic (exact) mass is 613 g/mol. The molecule has 0 unspecified atom stereocenters. The quantitative estimate of drug-likeness (QED) is 0.216. The number of nitrogen functional groups attached to an aromatic ring is 1. The number of carbonyl (C=O) groups is 1. The lowest BCUT2D eigenvalue weighted by molar-refractivity contribution is -0.137. The van der Waals surface area contributed by atoms with Crippen LogP contribution < -0.4 is 26.0 Å². The molecule has 1 fully saturated rings. The summed E-state index contributed by atoms with van der Waals surface area (Å²) in [4.78, 5) is 28.9. The molecule has 0 atom stereocenters. The number of anilines is 3. The maximum absolute atomic E-state index is 13.3. The third kappa shape index (κ3) is 6.09. The highest BCUT2D eigenvalue weighted by molar-refractivity contribution is 6.07. The largest absolute Gasteiger partial charge is 0.495 e. The van der Waals surface area contributed by atoms with E-state index in [1.165, 1.54) is 12.1 Å². The number of aryl methyl sites for hydroxylation is 1. The third-order valence-electron chi connectivity index (χ3n) is 7.76. The first-order chi connectivity index (χ1) is 21.6. The number of nitrogens with two attached hydrogens (primary N) is 1. The Balaban J connectivity index is 1.46. The fraction of sp³-hybridized carbons (Fsp3) is 0.212. The Morgan fingerprint density at radius 3 is 2.58 bits per heavy atom. The standard InChI is InChI=1S/C33H30F3N7O2/c1-19-6-7-21(31(44)41-24-5-3-4-23(17-24)33(34,35)36)14-25(19)26-15-22-18-40-32(37)42-29(22)28(30(26)45-2)20-8-9-39-27(16-20)43-12-10-38-11-13-43/h3-9,14-18,38H,10-13H2,1-2H3,(H,41,44)(H2,37,40,42). The van der Waals surface area contributed by atoms with E-state index in [9.17, 15) is 18.0 Å². The van der Waals surface area contributed by atoms with Gasteiger partial charge in [-0.25, -0.2) is 15.0 Å². The minimum atomic E-state index is -4.53. The van der Waals surface area contributed by atoms with Gasteiger partial charge in [0, 0.05) is 60.8 Å². The highest BCUT2D eigenvalue weighted by Gasteiger charge is 2.30. The Morgan fingerprint density at radius 1 is 1.02 bits per heavy atom. The van der Waals surface area contributed by atoms with E-state index in [0.29, 0.717) is 33.3 Å². The number of carbonyl (C=O) groups excluding carboxylic acids is 1. The maximum atomic E-state index is 13.3. The van der Waals surface area contributed by atoms with Crippen LogP contribution >= 0.6 is 0 Å². The maximum Gasteiger partial charge on any atom is 0.416 e. The summed E-state index contributed by atoms with van der Waals surface area (Å²) in [7, 11) is 1.57. The van der Waals surface area contributed by atoms with Gasteiger partial charge in [0.25, 0.3) is 5.91 Å². The number of halogens is 3. The summed E-state index contributed by atoms with van der Waals surface area (Å²) >= 11 is 0. The predicted molar refractivity (Wildman–Crippen MR) is 168 cm³/mol. The number of fused-ring (bicyclic) bond motifs is 1. The van der Waals surface area contributed by atoms with Crippen molar-refractivity contribution in [1.29, 1.82) is 0 Å². The molecule has 0 radical (unpaired) electrons. The number of piperazine rings is 1. The fourth-order valence-corrected chi connectivity index (χ4v) is 5.52. The molecular formula is C33H30F3N7O2. The van der Waals surface area contributed by atoms with E-state index in [2.05, 4.69) is 30.5 Å². The number of hydrogen-bond acceptors (Lipinski definition) is 8. The highest BCUT2D eigenvalue weighted by Crippen LogP contribution is 2.45. The van der Waals surface area contributed by atoms with Gasteiger partial charge in [0.1, 0.15) is 11.6 Å². The Kier molecular flexibility index (Phi) is 7.98. The molecule has 1 aliphatic rings. The van der Waals surface area contributed by atoms with Crippen molar-refractivity contribution in [1.82, 2.24) is 20.3 Å². The minimum Gasteiger partial charge on any atom is -0.495 e. The van der Waals surface area contributed by atoms with Crippen LogP contribution in [-0.4, -0.2) is 54.1 Å². The van der Waals surface area contributed by atoms with E-state index in [1.807, 2.05) is 25.1 Å². The van der Waals surface area contributed by atoms with E-state index < -0.39 is 17.6 Å². The van der Waals surface area contributed by atoms with Crippen LogP contribution in [0.1, 0.15) is 21.5 Å². The molecule has 3 heterocycles. The summed E-state index contributed by atoms with van der Waals surface area (Å²) in [5.41, 5.74) is 9.81. The number of nitrogens with zero attached hydrogens (tertiary/aromatic N) is 4. The normalized spacial score (nSPS) is 13.6. The van der Waals surface area contributed by atoms with E-state index in [-0.39, 0.29) is 17.2 Å². The van der Waals surface area contributed by atoms with Crippen molar-refractivity contribution in [2.24, 2.45) is 0 Å². The molecule has 1 amide bonds. The van der Waals surface area contributed by atoms with Crippen molar-refractivity contribution in [2.75, 3.05) is 49.2 Å². The van der Waals surface area contributed by atoms with Crippen molar-refractivity contribution < 1.29 is 22.7 Å². The second kappa shape index (κ2) is 12.0. The zero-order valence-corrected chi connectivity index (χ0v) is 24.6. The van der Waals surface area contributed by atoms with Crippen LogP contribution in [0.25, 0.3) is 33.2 Å². The van der Waals surface area contributed by atoms with Crippen molar-refractivity contribution in [3.8, 4) is 28.0 Å². The number of amides is 1. The SMILES string of the molecule is COc1c(-c2cc(C(=O)Nc3cccc(C(F)(F)F)c3)ccc2C)cc2cnc(N)nc2c1-c1ccnc(N2CCNCC2)c1. The predicted octanol–water partition coefficient (Wildman–Crippen LogP) is 5.94. The summed E-state index contributed by atoms with van der Waals surface area (Å²) in [5, 5.41) is 6.64. The fourth-order valence-electron chi connectivity index (χ4n) is 5.52. The zero-order chi connectivity index (χ0) is 31.7. The number of rotatable bonds is 6. The number of ether oxygens (including phenoxy) is 1. The average molecular weight is 614 g/mol. The van der Waals surface area contributed by atoms with Crippen molar-refractivity contribution in [2.45, 2.75) is 13.1 Å².